The average Bonchev–Trinajstić information content (AvgIpc) is 3.03. The van der Waals surface area contributed by atoms with Crippen LogP contribution in [-0.2, 0) is 11.3 Å². The van der Waals surface area contributed by atoms with Crippen molar-refractivity contribution in [2.45, 2.75) is 13.5 Å². The first-order valence-corrected chi connectivity index (χ1v) is 9.02. The van der Waals surface area contributed by atoms with E-state index >= 15 is 0 Å². The van der Waals surface area contributed by atoms with Crippen LogP contribution in [0.2, 0.25) is 0 Å². The summed E-state index contributed by atoms with van der Waals surface area (Å²) in [4.78, 5) is 12.7. The first kappa shape index (κ1) is 17.2. The van der Waals surface area contributed by atoms with Gasteiger partial charge in [-0.05, 0) is 30.6 Å². The zero-order valence-electron chi connectivity index (χ0n) is 14.8. The summed E-state index contributed by atoms with van der Waals surface area (Å²) in [5.41, 5.74) is 2.85. The van der Waals surface area contributed by atoms with Crippen LogP contribution in [-0.4, -0.2) is 20.7 Å². The maximum Gasteiger partial charge on any atom is 0.244 e. The molecule has 0 aliphatic carbocycles. The molecular weight excluding hydrogens is 356 g/mol. The van der Waals surface area contributed by atoms with Crippen molar-refractivity contribution in [2.75, 3.05) is 5.32 Å². The molecule has 0 unspecified atom stereocenters. The standard InChI is InChI=1S/C21H18N4OS/c1-14-9-11-16(12-10-14)20-23-24-21(27)25(20)13-19(26)22-18-8-4-6-15-5-2-3-7-17(15)18/h2-12H,13H2,1H3,(H,22,26)(H,24,27). The Morgan fingerprint density at radius 3 is 2.63 bits per heavy atom. The molecule has 0 spiro atoms. The molecular formula is C21H18N4OS. The van der Waals surface area contributed by atoms with Crippen LogP contribution in [0.25, 0.3) is 22.2 Å². The van der Waals surface area contributed by atoms with Crippen LogP contribution in [0.3, 0.4) is 0 Å². The number of carbonyl (C=O) groups is 1. The molecule has 6 heteroatoms. The van der Waals surface area contributed by atoms with E-state index in [1.54, 1.807) is 4.57 Å². The molecule has 4 aromatic rings. The second-order valence-electron chi connectivity index (χ2n) is 6.38. The summed E-state index contributed by atoms with van der Waals surface area (Å²) in [6, 6.07) is 21.8. The van der Waals surface area contributed by atoms with Gasteiger partial charge in [-0.1, -0.05) is 66.2 Å². The van der Waals surface area contributed by atoms with Gasteiger partial charge in [0.25, 0.3) is 0 Å². The molecule has 1 amide bonds. The Labute approximate surface area is 161 Å². The summed E-state index contributed by atoms with van der Waals surface area (Å²) < 4.78 is 2.12. The Balaban J connectivity index is 1.61. The third kappa shape index (κ3) is 3.52. The van der Waals surface area contributed by atoms with Crippen molar-refractivity contribution in [3.05, 3.63) is 77.1 Å². The van der Waals surface area contributed by atoms with Gasteiger partial charge in [-0.25, -0.2) is 0 Å². The number of anilines is 1. The Kier molecular flexibility index (Phi) is 4.56. The topological polar surface area (TPSA) is 62.7 Å². The largest absolute Gasteiger partial charge is 0.324 e. The maximum absolute atomic E-state index is 12.7. The van der Waals surface area contributed by atoms with Crippen molar-refractivity contribution in [3.8, 4) is 11.4 Å². The monoisotopic (exact) mass is 374 g/mol. The van der Waals surface area contributed by atoms with Gasteiger partial charge < -0.3 is 5.32 Å². The number of rotatable bonds is 4. The Morgan fingerprint density at radius 1 is 1.07 bits per heavy atom. The van der Waals surface area contributed by atoms with Crippen LogP contribution in [0.4, 0.5) is 5.69 Å². The van der Waals surface area contributed by atoms with Crippen LogP contribution in [0.1, 0.15) is 5.56 Å². The van der Waals surface area contributed by atoms with Gasteiger partial charge in [0, 0.05) is 16.6 Å². The molecule has 5 nitrogen and oxygen atoms in total. The van der Waals surface area contributed by atoms with Gasteiger partial charge in [0.2, 0.25) is 5.91 Å². The van der Waals surface area contributed by atoms with Gasteiger partial charge in [0.1, 0.15) is 6.54 Å². The van der Waals surface area contributed by atoms with Gasteiger partial charge >= 0.3 is 0 Å². The zero-order valence-corrected chi connectivity index (χ0v) is 15.6. The second-order valence-corrected chi connectivity index (χ2v) is 6.77. The van der Waals surface area contributed by atoms with Gasteiger partial charge in [-0.2, -0.15) is 5.10 Å². The number of benzene rings is 3. The Bertz CT molecular complexity index is 1170. The van der Waals surface area contributed by atoms with E-state index in [0.717, 1.165) is 27.6 Å². The molecule has 1 heterocycles. The van der Waals surface area contributed by atoms with E-state index in [-0.39, 0.29) is 12.5 Å². The van der Waals surface area contributed by atoms with Crippen molar-refractivity contribution in [2.24, 2.45) is 0 Å². The molecule has 4 rings (SSSR count). The average molecular weight is 374 g/mol. The molecule has 0 saturated carbocycles. The van der Waals surface area contributed by atoms with Crippen molar-refractivity contribution in [3.63, 3.8) is 0 Å². The normalized spacial score (nSPS) is 10.9. The molecule has 0 aliphatic heterocycles. The summed E-state index contributed by atoms with van der Waals surface area (Å²) in [5, 5.41) is 12.1. The molecule has 0 bridgehead atoms. The first-order chi connectivity index (χ1) is 13.1. The fourth-order valence-electron chi connectivity index (χ4n) is 3.06. The van der Waals surface area contributed by atoms with E-state index in [9.17, 15) is 4.79 Å². The third-order valence-corrected chi connectivity index (χ3v) is 4.75. The highest BCUT2D eigenvalue weighted by molar-refractivity contribution is 7.71. The number of nitrogens with zero attached hydrogens (tertiary/aromatic N) is 2. The van der Waals surface area contributed by atoms with Crippen LogP contribution >= 0.6 is 12.2 Å². The van der Waals surface area contributed by atoms with E-state index < -0.39 is 0 Å². The van der Waals surface area contributed by atoms with Gasteiger partial charge in [0.05, 0.1) is 0 Å². The molecule has 1 aromatic heterocycles. The van der Waals surface area contributed by atoms with Crippen molar-refractivity contribution < 1.29 is 4.79 Å². The lowest BCUT2D eigenvalue weighted by atomic mass is 10.1. The molecule has 134 valence electrons. The quantitative estimate of drug-likeness (QED) is 0.509. The number of carbonyl (C=O) groups excluding carboxylic acids is 1. The number of amides is 1. The predicted molar refractivity (Wildman–Crippen MR) is 110 cm³/mol. The number of aromatic nitrogens is 3. The van der Waals surface area contributed by atoms with Gasteiger partial charge in [-0.3, -0.25) is 14.5 Å². The fourth-order valence-corrected chi connectivity index (χ4v) is 3.25. The Hall–Kier alpha value is -3.25. The third-order valence-electron chi connectivity index (χ3n) is 4.43. The lowest BCUT2D eigenvalue weighted by Crippen LogP contribution is -2.19. The SMILES string of the molecule is Cc1ccc(-c2n[nH]c(=S)n2CC(=O)Nc2cccc3ccccc23)cc1. The van der Waals surface area contributed by atoms with Crippen LogP contribution in [0.5, 0.6) is 0 Å². The maximum atomic E-state index is 12.7. The van der Waals surface area contributed by atoms with Gasteiger partial charge in [-0.15, -0.1) is 0 Å². The summed E-state index contributed by atoms with van der Waals surface area (Å²) >= 11 is 5.32. The minimum atomic E-state index is -0.155. The van der Waals surface area contributed by atoms with Crippen LogP contribution in [0, 0.1) is 11.7 Å². The van der Waals surface area contributed by atoms with Crippen molar-refractivity contribution >= 4 is 34.6 Å². The summed E-state index contributed by atoms with van der Waals surface area (Å²) in [6.45, 7) is 2.11. The molecule has 0 fully saturated rings. The molecule has 0 radical (unpaired) electrons. The smallest absolute Gasteiger partial charge is 0.244 e. The predicted octanol–water partition coefficient (Wildman–Crippen LogP) is 4.71. The zero-order chi connectivity index (χ0) is 18.8. The lowest BCUT2D eigenvalue weighted by Gasteiger charge is -2.10. The molecule has 3 aromatic carbocycles. The van der Waals surface area contributed by atoms with Crippen molar-refractivity contribution in [1.29, 1.82) is 0 Å². The minimum absolute atomic E-state index is 0.0851. The van der Waals surface area contributed by atoms with E-state index in [1.165, 1.54) is 0 Å². The molecule has 0 atom stereocenters. The molecule has 27 heavy (non-hydrogen) atoms. The number of aryl methyl sites for hydroxylation is 1. The van der Waals surface area contributed by atoms with E-state index in [4.69, 9.17) is 12.2 Å². The van der Waals surface area contributed by atoms with Gasteiger partial charge in [0.15, 0.2) is 10.6 Å². The van der Waals surface area contributed by atoms with E-state index in [1.807, 2.05) is 73.7 Å². The lowest BCUT2D eigenvalue weighted by molar-refractivity contribution is -0.116. The van der Waals surface area contributed by atoms with E-state index in [0.29, 0.717) is 10.6 Å². The van der Waals surface area contributed by atoms with Crippen LogP contribution in [0.15, 0.2) is 66.7 Å². The highest BCUT2D eigenvalue weighted by Crippen LogP contribution is 2.23. The first-order valence-electron chi connectivity index (χ1n) is 8.62. The number of nitrogens with one attached hydrogen (secondary N) is 2. The molecule has 2 N–H and O–H groups in total. The number of hydrogen-bond donors (Lipinski definition) is 2. The van der Waals surface area contributed by atoms with Crippen LogP contribution < -0.4 is 5.32 Å². The summed E-state index contributed by atoms with van der Waals surface area (Å²) in [7, 11) is 0. The highest BCUT2D eigenvalue weighted by Gasteiger charge is 2.13. The molecule has 0 saturated heterocycles. The Morgan fingerprint density at radius 2 is 1.81 bits per heavy atom. The summed E-state index contributed by atoms with van der Waals surface area (Å²) in [6.07, 6.45) is 0. The molecule has 0 aliphatic rings. The number of aromatic amines is 1. The number of fused-ring (bicyclic) bond motifs is 1. The van der Waals surface area contributed by atoms with Crippen molar-refractivity contribution in [1.82, 2.24) is 14.8 Å². The minimum Gasteiger partial charge on any atom is -0.324 e. The highest BCUT2D eigenvalue weighted by atomic mass is 32.1. The fraction of sp³-hybridized carbons (Fsp3) is 0.0952. The summed E-state index contributed by atoms with van der Waals surface area (Å²) in [5.74, 6) is 0.491. The second kappa shape index (κ2) is 7.17. The van der Waals surface area contributed by atoms with E-state index in [2.05, 4.69) is 15.5 Å². The number of hydrogen-bond acceptors (Lipinski definition) is 3. The number of H-pyrrole nitrogens is 1.